The van der Waals surface area contributed by atoms with Crippen molar-refractivity contribution in [3.63, 3.8) is 0 Å². The minimum atomic E-state index is -4.56. The molecule has 0 radical (unpaired) electrons. The first-order chi connectivity index (χ1) is 20.6. The van der Waals surface area contributed by atoms with E-state index in [0.717, 1.165) is 24.7 Å². The number of amides is 1. The number of fused-ring (bicyclic) bond motifs is 4. The number of cyclic esters (lactones) is 1. The lowest BCUT2D eigenvalue weighted by Gasteiger charge is -2.33. The maximum Gasteiger partial charge on any atom is 0.416 e. The number of rotatable bonds is 7. The molecule has 1 N–H and O–H groups in total. The van der Waals surface area contributed by atoms with Crippen LogP contribution in [0.1, 0.15) is 45.0 Å². The Hall–Kier alpha value is -4.16. The zero-order valence-electron chi connectivity index (χ0n) is 23.3. The maximum atomic E-state index is 14.0. The van der Waals surface area contributed by atoms with Crippen LogP contribution in [0.2, 0.25) is 0 Å². The molecule has 7 rings (SSSR count). The number of likely N-dealkylation sites (N-methyl/N-ethyl adjacent to an activating group) is 1. The van der Waals surface area contributed by atoms with E-state index >= 15 is 0 Å². The molecule has 1 aliphatic carbocycles. The first kappa shape index (κ1) is 27.7. The number of aromatic nitrogens is 1. The first-order valence-electron chi connectivity index (χ1n) is 14.2. The molecule has 4 aliphatic rings. The summed E-state index contributed by atoms with van der Waals surface area (Å²) in [5.41, 5.74) is 1.00. The van der Waals surface area contributed by atoms with Gasteiger partial charge in [0.25, 0.3) is 0 Å². The van der Waals surface area contributed by atoms with Crippen LogP contribution in [0.4, 0.5) is 23.8 Å². The fourth-order valence-electron chi connectivity index (χ4n) is 6.20. The van der Waals surface area contributed by atoms with Gasteiger partial charge in [-0.1, -0.05) is 12.1 Å². The molecular weight excluding hydrogens is 565 g/mol. The van der Waals surface area contributed by atoms with Crippen LogP contribution in [0.15, 0.2) is 48.7 Å². The number of benzene rings is 2. The molecular formula is C31H29F3N4O5. The number of pyridine rings is 1. The Balaban J connectivity index is 1.04. The third kappa shape index (κ3) is 5.40. The number of hydrogen-bond donors (Lipinski definition) is 1. The molecule has 0 bridgehead atoms. The van der Waals surface area contributed by atoms with Crippen molar-refractivity contribution in [1.29, 1.82) is 0 Å². The van der Waals surface area contributed by atoms with Gasteiger partial charge in [0.05, 0.1) is 11.1 Å². The Morgan fingerprint density at radius 2 is 1.93 bits per heavy atom. The first-order valence-corrected chi connectivity index (χ1v) is 14.2. The molecule has 4 heterocycles. The van der Waals surface area contributed by atoms with Gasteiger partial charge in [0, 0.05) is 68.3 Å². The van der Waals surface area contributed by atoms with E-state index in [2.05, 4.69) is 15.2 Å². The molecule has 2 aromatic carbocycles. The number of anilines is 1. The molecule has 3 aliphatic heterocycles. The molecule has 12 heteroatoms. The van der Waals surface area contributed by atoms with Crippen molar-refractivity contribution in [2.24, 2.45) is 5.92 Å². The minimum absolute atomic E-state index is 0.0279. The summed E-state index contributed by atoms with van der Waals surface area (Å²) in [4.78, 5) is 33.0. The maximum absolute atomic E-state index is 14.0. The average Bonchev–Trinajstić information content (AvgIpc) is 3.49. The molecule has 9 nitrogen and oxygen atoms in total. The zero-order chi connectivity index (χ0) is 29.9. The number of hydrogen-bond acceptors (Lipinski definition) is 8. The summed E-state index contributed by atoms with van der Waals surface area (Å²) in [6, 6.07) is 11.1. The van der Waals surface area contributed by atoms with Gasteiger partial charge in [-0.2, -0.15) is 13.2 Å². The van der Waals surface area contributed by atoms with Crippen molar-refractivity contribution in [1.82, 2.24) is 14.8 Å². The van der Waals surface area contributed by atoms with Crippen molar-refractivity contribution in [2.75, 3.05) is 38.5 Å². The van der Waals surface area contributed by atoms with E-state index in [0.29, 0.717) is 41.7 Å². The van der Waals surface area contributed by atoms with Crippen molar-refractivity contribution < 1.29 is 37.0 Å². The van der Waals surface area contributed by atoms with E-state index in [1.54, 1.807) is 18.2 Å². The molecule has 1 saturated heterocycles. The number of nitrogens with zero attached hydrogens (tertiary/aromatic N) is 3. The lowest BCUT2D eigenvalue weighted by atomic mass is 9.97. The number of nitrogens with one attached hydrogen (secondary N) is 1. The number of halogens is 3. The topological polar surface area (TPSA) is 93.2 Å². The molecule has 3 atom stereocenters. The van der Waals surface area contributed by atoms with Gasteiger partial charge in [0.2, 0.25) is 0 Å². The fraction of sp³-hybridized carbons (Fsp3) is 0.387. The Morgan fingerprint density at radius 1 is 1.12 bits per heavy atom. The Morgan fingerprint density at radius 3 is 2.72 bits per heavy atom. The Bertz CT molecular complexity index is 1600. The summed E-state index contributed by atoms with van der Waals surface area (Å²) in [6.07, 6.45) is -3.73. The molecule has 1 aromatic heterocycles. The number of piperazine rings is 1. The average molecular weight is 595 g/mol. The lowest BCUT2D eigenvalue weighted by Crippen LogP contribution is -2.44. The van der Waals surface area contributed by atoms with Crippen LogP contribution in [-0.4, -0.2) is 66.0 Å². The molecule has 2 fully saturated rings. The third-order valence-electron chi connectivity index (χ3n) is 8.66. The molecule has 0 spiro atoms. The van der Waals surface area contributed by atoms with Gasteiger partial charge in [-0.05, 0) is 42.9 Å². The van der Waals surface area contributed by atoms with Gasteiger partial charge >= 0.3 is 12.3 Å². The second-order valence-electron chi connectivity index (χ2n) is 11.5. The number of carbonyl (C=O) groups excluding carboxylic acids is 2. The van der Waals surface area contributed by atoms with Crippen LogP contribution < -0.4 is 14.8 Å². The molecule has 1 amide bonds. The summed E-state index contributed by atoms with van der Waals surface area (Å²) in [5, 5.41) is 2.54. The standard InChI is InChI=1S/C31H29F3N4O5/c1-37-8-10-38(11-9-37)15-18-3-2-17(12-23(18)31(32,33)34)24(39)14-21-27-20-13-19(4-5-25(20)43-28(21)27)42-26-6-7-35-29-22(26)16-41-30(40)36-29/h2-7,12-13,21,27-28H,8-11,14-16H2,1H3,(H,35,36,40)/t21-,27-,28+/m0/s1. The second-order valence-corrected chi connectivity index (χ2v) is 11.5. The van der Waals surface area contributed by atoms with Gasteiger partial charge in [-0.3, -0.25) is 15.0 Å². The van der Waals surface area contributed by atoms with E-state index < -0.39 is 17.8 Å². The highest BCUT2D eigenvalue weighted by Gasteiger charge is 2.59. The molecule has 43 heavy (non-hydrogen) atoms. The molecule has 1 saturated carbocycles. The van der Waals surface area contributed by atoms with Crippen LogP contribution in [0.5, 0.6) is 17.2 Å². The quantitative estimate of drug-likeness (QED) is 0.361. The van der Waals surface area contributed by atoms with E-state index in [9.17, 15) is 22.8 Å². The van der Waals surface area contributed by atoms with E-state index in [1.807, 2.05) is 18.0 Å². The number of ketones is 1. The van der Waals surface area contributed by atoms with Crippen molar-refractivity contribution >= 4 is 17.7 Å². The number of alkyl halides is 3. The summed E-state index contributed by atoms with van der Waals surface area (Å²) >= 11 is 0. The zero-order valence-corrected chi connectivity index (χ0v) is 23.3. The van der Waals surface area contributed by atoms with Gasteiger partial charge < -0.3 is 19.1 Å². The monoisotopic (exact) mass is 594 g/mol. The highest BCUT2D eigenvalue weighted by Crippen LogP contribution is 2.60. The summed E-state index contributed by atoms with van der Waals surface area (Å²) < 4.78 is 59.3. The van der Waals surface area contributed by atoms with Gasteiger partial charge in [-0.15, -0.1) is 0 Å². The summed E-state index contributed by atoms with van der Waals surface area (Å²) in [6.45, 7) is 3.24. The van der Waals surface area contributed by atoms with Crippen LogP contribution in [0.3, 0.4) is 0 Å². The number of Topliss-reactive ketones (excluding diaryl/α,β-unsaturated/α-hetero) is 1. The predicted molar refractivity (Wildman–Crippen MR) is 148 cm³/mol. The van der Waals surface area contributed by atoms with Crippen LogP contribution >= 0.6 is 0 Å². The fourth-order valence-corrected chi connectivity index (χ4v) is 6.20. The van der Waals surface area contributed by atoms with E-state index in [4.69, 9.17) is 14.2 Å². The lowest BCUT2D eigenvalue weighted by molar-refractivity contribution is -0.138. The highest BCUT2D eigenvalue weighted by molar-refractivity contribution is 5.97. The summed E-state index contributed by atoms with van der Waals surface area (Å²) in [5.74, 6) is 1.59. The van der Waals surface area contributed by atoms with Crippen LogP contribution in [-0.2, 0) is 24.1 Å². The van der Waals surface area contributed by atoms with Crippen molar-refractivity contribution in [2.45, 2.75) is 37.8 Å². The van der Waals surface area contributed by atoms with Crippen molar-refractivity contribution in [3.8, 4) is 17.2 Å². The third-order valence-corrected chi connectivity index (χ3v) is 8.66. The van der Waals surface area contributed by atoms with Crippen LogP contribution in [0, 0.1) is 5.92 Å². The minimum Gasteiger partial charge on any atom is -0.489 e. The Labute approximate surface area is 245 Å². The predicted octanol–water partition coefficient (Wildman–Crippen LogP) is 5.45. The van der Waals surface area contributed by atoms with Crippen molar-refractivity contribution in [3.05, 3.63) is 76.5 Å². The summed E-state index contributed by atoms with van der Waals surface area (Å²) in [7, 11) is 2.00. The largest absolute Gasteiger partial charge is 0.489 e. The number of ether oxygens (including phenoxy) is 3. The van der Waals surface area contributed by atoms with Gasteiger partial charge in [0.1, 0.15) is 35.8 Å². The number of carbonyl (C=O) groups is 2. The molecule has 224 valence electrons. The van der Waals surface area contributed by atoms with Gasteiger partial charge in [-0.25, -0.2) is 9.78 Å². The highest BCUT2D eigenvalue weighted by atomic mass is 19.4. The van der Waals surface area contributed by atoms with Crippen LogP contribution in [0.25, 0.3) is 0 Å². The normalized spacial score (nSPS) is 22.9. The second kappa shape index (κ2) is 10.5. The molecule has 3 aromatic rings. The van der Waals surface area contributed by atoms with Gasteiger partial charge in [0.15, 0.2) is 5.78 Å². The van der Waals surface area contributed by atoms with E-state index in [-0.39, 0.29) is 54.4 Å². The smallest absolute Gasteiger partial charge is 0.416 e. The SMILES string of the molecule is CN1CCN(Cc2ccc(C(=O)C[C@@H]3[C@H]4Oc5ccc(Oc6ccnc7c6COC(=O)N7)cc5[C@@H]34)cc2C(F)(F)F)CC1. The van der Waals surface area contributed by atoms with E-state index in [1.165, 1.54) is 18.3 Å². The molecule has 0 unspecified atom stereocenters. The Kier molecular flexibility index (Phi) is 6.77.